The molecule has 0 aliphatic heterocycles. The van der Waals surface area contributed by atoms with E-state index >= 15 is 0 Å². The molecule has 0 spiro atoms. The second kappa shape index (κ2) is 5.75. The van der Waals surface area contributed by atoms with Crippen LogP contribution in [-0.2, 0) is 5.41 Å². The molecular formula is C16H26O2. The first-order valence-electron chi connectivity index (χ1n) is 6.59. The van der Waals surface area contributed by atoms with Gasteiger partial charge < -0.3 is 9.84 Å². The van der Waals surface area contributed by atoms with Crippen LogP contribution >= 0.6 is 0 Å². The molecule has 1 rings (SSSR count). The highest BCUT2D eigenvalue weighted by Gasteiger charge is 2.27. The van der Waals surface area contributed by atoms with Gasteiger partial charge in [0.2, 0.25) is 0 Å². The zero-order valence-electron chi connectivity index (χ0n) is 12.3. The third-order valence-electron chi connectivity index (χ3n) is 2.95. The quantitative estimate of drug-likeness (QED) is 0.862. The average molecular weight is 250 g/mol. The number of aliphatic hydroxyl groups is 1. The van der Waals surface area contributed by atoms with Gasteiger partial charge in [-0.25, -0.2) is 0 Å². The second-order valence-corrected chi connectivity index (χ2v) is 6.72. The van der Waals surface area contributed by atoms with Gasteiger partial charge in [0.25, 0.3) is 0 Å². The molecule has 0 fully saturated rings. The maximum absolute atomic E-state index is 8.78. The van der Waals surface area contributed by atoms with E-state index in [2.05, 4.69) is 46.8 Å². The van der Waals surface area contributed by atoms with E-state index in [1.807, 2.05) is 12.1 Å². The molecule has 0 aromatic heterocycles. The lowest BCUT2D eigenvalue weighted by Gasteiger charge is -2.33. The summed E-state index contributed by atoms with van der Waals surface area (Å²) in [7, 11) is 0. The van der Waals surface area contributed by atoms with Gasteiger partial charge in [0.15, 0.2) is 0 Å². The Bertz CT molecular complexity index is 375. The molecule has 1 N–H and O–H groups in total. The zero-order valence-corrected chi connectivity index (χ0v) is 12.3. The van der Waals surface area contributed by atoms with Gasteiger partial charge in [-0.05, 0) is 34.9 Å². The topological polar surface area (TPSA) is 29.5 Å². The summed E-state index contributed by atoms with van der Waals surface area (Å²) in [6, 6.07) is 8.19. The monoisotopic (exact) mass is 250 g/mol. The van der Waals surface area contributed by atoms with Crippen LogP contribution in [0.2, 0.25) is 0 Å². The molecule has 102 valence electrons. The van der Waals surface area contributed by atoms with Crippen molar-refractivity contribution in [1.82, 2.24) is 0 Å². The summed E-state index contributed by atoms with van der Waals surface area (Å²) in [4.78, 5) is 0. The highest BCUT2D eigenvalue weighted by atomic mass is 16.5. The molecule has 0 radical (unpaired) electrons. The minimum atomic E-state index is 0.0512. The van der Waals surface area contributed by atoms with Crippen molar-refractivity contribution in [2.75, 3.05) is 13.2 Å². The predicted octanol–water partition coefficient (Wildman–Crippen LogP) is 3.77. The minimum Gasteiger partial charge on any atom is -0.491 e. The Hall–Kier alpha value is -1.02. The first-order chi connectivity index (χ1) is 8.24. The summed E-state index contributed by atoms with van der Waals surface area (Å²) in [6.07, 6.45) is 1.11. The molecule has 18 heavy (non-hydrogen) atoms. The van der Waals surface area contributed by atoms with E-state index in [0.29, 0.717) is 12.0 Å². The molecule has 0 saturated heterocycles. The SMILES string of the molecule is CC(C)(C)CC(C)(C)c1cccc(OCCO)c1. The molecule has 1 aromatic rings. The van der Waals surface area contributed by atoms with Gasteiger partial charge >= 0.3 is 0 Å². The molecule has 0 bridgehead atoms. The first-order valence-corrected chi connectivity index (χ1v) is 6.59. The fourth-order valence-corrected chi connectivity index (χ4v) is 2.60. The molecule has 0 unspecified atom stereocenters. The van der Waals surface area contributed by atoms with Gasteiger partial charge in [-0.3, -0.25) is 0 Å². The lowest BCUT2D eigenvalue weighted by molar-refractivity contribution is 0.201. The lowest BCUT2D eigenvalue weighted by atomic mass is 9.72. The highest BCUT2D eigenvalue weighted by Crippen LogP contribution is 2.37. The van der Waals surface area contributed by atoms with Crippen LogP contribution in [0.25, 0.3) is 0 Å². The van der Waals surface area contributed by atoms with Crippen LogP contribution in [0.15, 0.2) is 24.3 Å². The van der Waals surface area contributed by atoms with Crippen molar-refractivity contribution in [3.63, 3.8) is 0 Å². The van der Waals surface area contributed by atoms with Crippen molar-refractivity contribution in [3.8, 4) is 5.75 Å². The summed E-state index contributed by atoms with van der Waals surface area (Å²) >= 11 is 0. The highest BCUT2D eigenvalue weighted by molar-refractivity contribution is 5.33. The van der Waals surface area contributed by atoms with Gasteiger partial charge in [-0.15, -0.1) is 0 Å². The summed E-state index contributed by atoms with van der Waals surface area (Å²) in [5, 5.41) is 8.78. The summed E-state index contributed by atoms with van der Waals surface area (Å²) in [5.41, 5.74) is 1.70. The van der Waals surface area contributed by atoms with Gasteiger partial charge in [0.05, 0.1) is 6.61 Å². The molecule has 2 nitrogen and oxygen atoms in total. The molecule has 0 aliphatic rings. The average Bonchev–Trinajstić information content (AvgIpc) is 2.23. The summed E-state index contributed by atoms with van der Waals surface area (Å²) in [5.74, 6) is 0.837. The number of hydrogen-bond donors (Lipinski definition) is 1. The van der Waals surface area contributed by atoms with E-state index in [9.17, 15) is 0 Å². The Morgan fingerprint density at radius 3 is 2.33 bits per heavy atom. The Balaban J connectivity index is 2.87. The zero-order chi connectivity index (χ0) is 13.8. The van der Waals surface area contributed by atoms with E-state index in [1.165, 1.54) is 5.56 Å². The smallest absolute Gasteiger partial charge is 0.119 e. The van der Waals surface area contributed by atoms with Crippen molar-refractivity contribution >= 4 is 0 Å². The Labute approximate surface area is 111 Å². The molecule has 1 aromatic carbocycles. The van der Waals surface area contributed by atoms with Crippen molar-refractivity contribution in [2.24, 2.45) is 5.41 Å². The van der Waals surface area contributed by atoms with Crippen molar-refractivity contribution < 1.29 is 9.84 Å². The Morgan fingerprint density at radius 1 is 1.11 bits per heavy atom. The van der Waals surface area contributed by atoms with Crippen LogP contribution in [0.1, 0.15) is 46.6 Å². The minimum absolute atomic E-state index is 0.0512. The van der Waals surface area contributed by atoms with Gasteiger partial charge in [0, 0.05) is 0 Å². The maximum atomic E-state index is 8.78. The fourth-order valence-electron chi connectivity index (χ4n) is 2.60. The van der Waals surface area contributed by atoms with Crippen LogP contribution in [0.3, 0.4) is 0 Å². The number of ether oxygens (including phenoxy) is 1. The van der Waals surface area contributed by atoms with E-state index in [1.54, 1.807) is 0 Å². The van der Waals surface area contributed by atoms with Crippen LogP contribution in [0.5, 0.6) is 5.75 Å². The van der Waals surface area contributed by atoms with E-state index < -0.39 is 0 Å². The van der Waals surface area contributed by atoms with Crippen molar-refractivity contribution in [1.29, 1.82) is 0 Å². The van der Waals surface area contributed by atoms with Gasteiger partial charge in [-0.2, -0.15) is 0 Å². The number of aliphatic hydroxyl groups excluding tert-OH is 1. The molecule has 0 aliphatic carbocycles. The standard InChI is InChI=1S/C16H26O2/c1-15(2,3)12-16(4,5)13-7-6-8-14(11-13)18-10-9-17/h6-8,11,17H,9-10,12H2,1-5H3. The molecular weight excluding hydrogens is 224 g/mol. The van der Waals surface area contributed by atoms with Crippen LogP contribution < -0.4 is 4.74 Å². The van der Waals surface area contributed by atoms with E-state index in [4.69, 9.17) is 9.84 Å². The molecule has 2 heteroatoms. The Kier molecular flexibility index (Phi) is 4.80. The third-order valence-corrected chi connectivity index (χ3v) is 2.95. The predicted molar refractivity (Wildman–Crippen MR) is 76.1 cm³/mol. The molecule has 0 heterocycles. The number of benzene rings is 1. The number of rotatable bonds is 5. The number of hydrogen-bond acceptors (Lipinski definition) is 2. The van der Waals surface area contributed by atoms with Gasteiger partial charge in [-0.1, -0.05) is 46.8 Å². The van der Waals surface area contributed by atoms with E-state index in [-0.39, 0.29) is 12.0 Å². The lowest BCUT2D eigenvalue weighted by Crippen LogP contribution is -2.24. The van der Waals surface area contributed by atoms with Crippen LogP contribution in [0, 0.1) is 5.41 Å². The fraction of sp³-hybridized carbons (Fsp3) is 0.625. The van der Waals surface area contributed by atoms with Crippen molar-refractivity contribution in [2.45, 2.75) is 46.5 Å². The molecule has 0 atom stereocenters. The third kappa shape index (κ3) is 4.69. The molecule has 0 saturated carbocycles. The van der Waals surface area contributed by atoms with Gasteiger partial charge in [0.1, 0.15) is 12.4 Å². The van der Waals surface area contributed by atoms with Crippen LogP contribution in [-0.4, -0.2) is 18.3 Å². The normalized spacial score (nSPS) is 12.6. The molecule has 0 amide bonds. The maximum Gasteiger partial charge on any atom is 0.119 e. The van der Waals surface area contributed by atoms with E-state index in [0.717, 1.165) is 12.2 Å². The largest absolute Gasteiger partial charge is 0.491 e. The summed E-state index contributed by atoms with van der Waals surface area (Å²) in [6.45, 7) is 11.7. The Morgan fingerprint density at radius 2 is 1.78 bits per heavy atom. The summed E-state index contributed by atoms with van der Waals surface area (Å²) < 4.78 is 5.47. The van der Waals surface area contributed by atoms with Crippen LogP contribution in [0.4, 0.5) is 0 Å². The van der Waals surface area contributed by atoms with Crippen molar-refractivity contribution in [3.05, 3.63) is 29.8 Å². The first kappa shape index (κ1) is 15.0. The second-order valence-electron chi connectivity index (χ2n) is 6.72.